The molecule has 19 unspecified atom stereocenters. The average Bonchev–Trinajstić information content (AvgIpc) is 3.18. The molecule has 0 aromatic rings. The van der Waals surface area contributed by atoms with Crippen LogP contribution in [0.2, 0.25) is 0 Å². The summed E-state index contributed by atoms with van der Waals surface area (Å²) in [6.07, 6.45) is -5.40. The second kappa shape index (κ2) is 15.0. The van der Waals surface area contributed by atoms with Crippen LogP contribution in [0.5, 0.6) is 0 Å². The topological polar surface area (TPSA) is 242 Å². The predicted octanol–water partition coefficient (Wildman–Crippen LogP) is 1.65. The molecule has 324 valence electrons. The van der Waals surface area contributed by atoms with Crippen LogP contribution in [0.4, 0.5) is 0 Å². The number of carboxylic acids is 1. The molecule has 8 N–H and O–H groups in total. The Kier molecular flexibility index (Phi) is 11.4. The second-order valence-corrected chi connectivity index (χ2v) is 19.9. The lowest BCUT2D eigenvalue weighted by Crippen LogP contribution is -2.67. The van der Waals surface area contributed by atoms with E-state index >= 15 is 0 Å². The molecule has 7 aliphatic rings. The molecule has 0 bridgehead atoms. The van der Waals surface area contributed by atoms with Gasteiger partial charge in [-0.25, -0.2) is 0 Å². The molecule has 19 atom stereocenters. The molecule has 2 aliphatic heterocycles. The quantitative estimate of drug-likeness (QED) is 0.0988. The SMILES string of the molecule is COC(=O)C1(C)CCC2(C(=O)O)CCC3(C)C(=CCC4C5(C)CCC(OC6OCC(O)C(OC7OC(CO)C(O)C(O)C7O)C6O)C(C)(CO)C5CCC43C)C2C1. The van der Waals surface area contributed by atoms with Gasteiger partial charge in [0.15, 0.2) is 12.6 Å². The zero-order valence-electron chi connectivity index (χ0n) is 34.2. The number of aliphatic hydroxyl groups excluding tert-OH is 7. The third-order valence-corrected chi connectivity index (χ3v) is 17.5. The van der Waals surface area contributed by atoms with Crippen molar-refractivity contribution >= 4 is 11.9 Å². The van der Waals surface area contributed by atoms with Crippen molar-refractivity contribution in [3.63, 3.8) is 0 Å². The van der Waals surface area contributed by atoms with Crippen LogP contribution >= 0.6 is 0 Å². The number of carbonyl (C=O) groups is 2. The molecule has 0 amide bonds. The minimum atomic E-state index is -1.74. The first kappa shape index (κ1) is 43.3. The van der Waals surface area contributed by atoms with E-state index in [9.17, 15) is 50.4 Å². The summed E-state index contributed by atoms with van der Waals surface area (Å²) in [5.41, 5.74) is -2.00. The molecule has 5 aliphatic carbocycles. The molecule has 4 saturated carbocycles. The van der Waals surface area contributed by atoms with E-state index in [1.54, 1.807) is 0 Å². The van der Waals surface area contributed by atoms with Crippen molar-refractivity contribution in [3.8, 4) is 0 Å². The van der Waals surface area contributed by atoms with E-state index in [4.69, 9.17) is 23.7 Å². The standard InChI is InChI=1S/C42H66O15/c1-37(36(52)53-6)13-15-42(35(50)51)16-14-40(4)21(22(42)17-37)7-8-26-38(2)11-10-27(39(3,20-44)25(38)9-12-41(26,40)5)56-33-31(49)32(23(45)19-54-33)57-34-30(48)29(47)28(46)24(18-43)55-34/h7,22-34,43-49H,8-20H2,1-6H3,(H,50,51). The number of aliphatic carboxylic acids is 1. The van der Waals surface area contributed by atoms with E-state index in [1.807, 2.05) is 13.8 Å². The van der Waals surface area contributed by atoms with Crippen LogP contribution in [0.25, 0.3) is 0 Å². The fourth-order valence-corrected chi connectivity index (χ4v) is 13.7. The Morgan fingerprint density at radius 1 is 0.825 bits per heavy atom. The summed E-state index contributed by atoms with van der Waals surface area (Å²) in [4.78, 5) is 26.3. The number of hydrogen-bond acceptors (Lipinski definition) is 14. The minimum Gasteiger partial charge on any atom is -0.481 e. The van der Waals surface area contributed by atoms with Gasteiger partial charge >= 0.3 is 11.9 Å². The van der Waals surface area contributed by atoms with Crippen LogP contribution in [0, 0.1) is 50.2 Å². The summed E-state index contributed by atoms with van der Waals surface area (Å²) in [7, 11) is 1.40. The maximum Gasteiger partial charge on any atom is 0.311 e. The summed E-state index contributed by atoms with van der Waals surface area (Å²) in [6.45, 7) is 9.83. The van der Waals surface area contributed by atoms with Crippen LogP contribution in [0.1, 0.15) is 98.8 Å². The van der Waals surface area contributed by atoms with Crippen molar-refractivity contribution in [1.29, 1.82) is 0 Å². The highest BCUT2D eigenvalue weighted by atomic mass is 16.7. The van der Waals surface area contributed by atoms with Gasteiger partial charge in [-0.2, -0.15) is 0 Å². The first-order valence-corrected chi connectivity index (χ1v) is 20.9. The molecule has 57 heavy (non-hydrogen) atoms. The van der Waals surface area contributed by atoms with E-state index in [0.29, 0.717) is 32.1 Å². The number of methoxy groups -OCH3 is 1. The van der Waals surface area contributed by atoms with Crippen molar-refractivity contribution < 1.29 is 74.1 Å². The predicted molar refractivity (Wildman–Crippen MR) is 200 cm³/mol. The number of ether oxygens (including phenoxy) is 5. The van der Waals surface area contributed by atoms with Gasteiger partial charge in [0.05, 0.1) is 43.9 Å². The Bertz CT molecular complexity index is 1570. The maximum atomic E-state index is 13.2. The summed E-state index contributed by atoms with van der Waals surface area (Å²) < 4.78 is 28.9. The number of rotatable bonds is 8. The number of esters is 1. The van der Waals surface area contributed by atoms with Crippen LogP contribution in [-0.4, -0.2) is 141 Å². The molecule has 15 heteroatoms. The number of carboxylic acid groups (broad SMARTS) is 1. The fourth-order valence-electron chi connectivity index (χ4n) is 13.7. The highest BCUT2D eigenvalue weighted by Crippen LogP contribution is 2.76. The lowest BCUT2D eigenvalue weighted by Gasteiger charge is -2.71. The first-order chi connectivity index (χ1) is 26.7. The van der Waals surface area contributed by atoms with Gasteiger partial charge in [-0.05, 0) is 105 Å². The van der Waals surface area contributed by atoms with E-state index in [-0.39, 0.29) is 53.2 Å². The van der Waals surface area contributed by atoms with Crippen molar-refractivity contribution in [2.45, 2.75) is 160 Å². The smallest absolute Gasteiger partial charge is 0.311 e. The van der Waals surface area contributed by atoms with Crippen LogP contribution in [0.3, 0.4) is 0 Å². The van der Waals surface area contributed by atoms with Gasteiger partial charge in [0.25, 0.3) is 0 Å². The van der Waals surface area contributed by atoms with Gasteiger partial charge in [-0.3, -0.25) is 9.59 Å². The lowest BCUT2D eigenvalue weighted by atomic mass is 9.33. The van der Waals surface area contributed by atoms with E-state index in [1.165, 1.54) is 12.7 Å². The summed E-state index contributed by atoms with van der Waals surface area (Å²) in [5.74, 6) is -1.13. The zero-order valence-corrected chi connectivity index (χ0v) is 34.2. The summed E-state index contributed by atoms with van der Waals surface area (Å²) in [6, 6.07) is 0. The highest BCUT2D eigenvalue weighted by molar-refractivity contribution is 5.80. The summed E-state index contributed by atoms with van der Waals surface area (Å²) in [5, 5.41) is 85.0. The Balaban J connectivity index is 1.12. The van der Waals surface area contributed by atoms with Gasteiger partial charge < -0.3 is 64.5 Å². The molecule has 0 spiro atoms. The Labute approximate surface area is 334 Å². The molecule has 0 radical (unpaired) electrons. The van der Waals surface area contributed by atoms with Gasteiger partial charge in [-0.15, -0.1) is 0 Å². The fraction of sp³-hybridized carbons (Fsp3) is 0.905. The molecule has 0 aromatic carbocycles. The number of fused-ring (bicyclic) bond motifs is 7. The normalized spacial score (nSPS) is 53.6. The van der Waals surface area contributed by atoms with Gasteiger partial charge in [-0.1, -0.05) is 39.3 Å². The number of hydrogen-bond donors (Lipinski definition) is 8. The van der Waals surface area contributed by atoms with Crippen molar-refractivity contribution in [1.82, 2.24) is 0 Å². The van der Waals surface area contributed by atoms with Crippen LogP contribution in [0.15, 0.2) is 11.6 Å². The Morgan fingerprint density at radius 2 is 1.53 bits per heavy atom. The number of allylic oxidation sites excluding steroid dienone is 2. The zero-order chi connectivity index (χ0) is 41.7. The van der Waals surface area contributed by atoms with E-state index < -0.39 is 90.2 Å². The third-order valence-electron chi connectivity index (χ3n) is 17.5. The molecular formula is C42H66O15. The molecule has 6 fully saturated rings. The van der Waals surface area contributed by atoms with E-state index in [2.05, 4.69) is 26.8 Å². The largest absolute Gasteiger partial charge is 0.481 e. The molecule has 2 heterocycles. The lowest BCUT2D eigenvalue weighted by molar-refractivity contribution is -0.358. The van der Waals surface area contributed by atoms with E-state index in [0.717, 1.165) is 32.1 Å². The Morgan fingerprint density at radius 3 is 2.18 bits per heavy atom. The monoisotopic (exact) mass is 810 g/mol. The molecule has 7 rings (SSSR count). The maximum absolute atomic E-state index is 13.2. The van der Waals surface area contributed by atoms with Crippen molar-refractivity contribution in [2.75, 3.05) is 26.9 Å². The minimum absolute atomic E-state index is 0.0110. The van der Waals surface area contributed by atoms with Gasteiger partial charge in [0.1, 0.15) is 42.7 Å². The number of aliphatic hydroxyl groups is 7. The van der Waals surface area contributed by atoms with Gasteiger partial charge in [0, 0.05) is 5.41 Å². The van der Waals surface area contributed by atoms with Crippen LogP contribution < -0.4 is 0 Å². The average molecular weight is 811 g/mol. The van der Waals surface area contributed by atoms with Gasteiger partial charge in [0.2, 0.25) is 0 Å². The molecule has 0 aromatic heterocycles. The highest BCUT2D eigenvalue weighted by Gasteiger charge is 2.70. The Hall–Kier alpha value is -1.76. The third kappa shape index (κ3) is 6.30. The first-order valence-electron chi connectivity index (χ1n) is 20.9. The number of carbonyl (C=O) groups excluding carboxylic acids is 1. The molecular weight excluding hydrogens is 744 g/mol. The second-order valence-electron chi connectivity index (χ2n) is 19.9. The van der Waals surface area contributed by atoms with Crippen molar-refractivity contribution in [3.05, 3.63) is 11.6 Å². The molecule has 15 nitrogen and oxygen atoms in total. The van der Waals surface area contributed by atoms with Crippen molar-refractivity contribution in [2.24, 2.45) is 50.2 Å². The molecule has 2 saturated heterocycles. The summed E-state index contributed by atoms with van der Waals surface area (Å²) >= 11 is 0. The van der Waals surface area contributed by atoms with Crippen LogP contribution in [-0.2, 0) is 33.3 Å².